The lowest BCUT2D eigenvalue weighted by Crippen LogP contribution is -2.28. The van der Waals surface area contributed by atoms with Crippen LogP contribution in [0.4, 0.5) is 0 Å². The Morgan fingerprint density at radius 1 is 1.23 bits per heavy atom. The molecule has 0 aliphatic rings. The molecule has 0 unspecified atom stereocenters. The highest BCUT2D eigenvalue weighted by Gasteiger charge is 2.13. The molecule has 2 heterocycles. The first-order valence-electron chi connectivity index (χ1n) is 8.17. The molecule has 0 atom stereocenters. The molecule has 134 valence electrons. The summed E-state index contributed by atoms with van der Waals surface area (Å²) in [7, 11) is 0. The number of aryl methyl sites for hydroxylation is 1. The summed E-state index contributed by atoms with van der Waals surface area (Å²) in [5.74, 6) is 1.13. The van der Waals surface area contributed by atoms with Gasteiger partial charge in [-0.05, 0) is 24.6 Å². The van der Waals surface area contributed by atoms with Crippen molar-refractivity contribution in [1.82, 2.24) is 15.3 Å². The Morgan fingerprint density at radius 3 is 2.73 bits per heavy atom. The van der Waals surface area contributed by atoms with Gasteiger partial charge in [0.15, 0.2) is 5.16 Å². The van der Waals surface area contributed by atoms with Gasteiger partial charge in [-0.3, -0.25) is 9.59 Å². The fourth-order valence-corrected chi connectivity index (χ4v) is 3.27. The van der Waals surface area contributed by atoms with Crippen LogP contribution in [0.3, 0.4) is 0 Å². The van der Waals surface area contributed by atoms with E-state index in [1.165, 1.54) is 11.8 Å². The summed E-state index contributed by atoms with van der Waals surface area (Å²) < 4.78 is 5.16. The van der Waals surface area contributed by atoms with Gasteiger partial charge in [0.05, 0.1) is 19.2 Å². The van der Waals surface area contributed by atoms with Gasteiger partial charge < -0.3 is 14.7 Å². The van der Waals surface area contributed by atoms with Gasteiger partial charge in [0, 0.05) is 17.0 Å². The number of hydrogen-bond donors (Lipinski definition) is 2. The normalized spacial score (nSPS) is 10.7. The molecule has 1 aromatic carbocycles. The molecule has 0 spiro atoms. The zero-order valence-electron chi connectivity index (χ0n) is 14.3. The Balaban J connectivity index is 1.61. The van der Waals surface area contributed by atoms with Crippen molar-refractivity contribution in [2.24, 2.45) is 0 Å². The minimum absolute atomic E-state index is 0.0154. The lowest BCUT2D eigenvalue weighted by atomic mass is 10.1. The van der Waals surface area contributed by atoms with E-state index in [4.69, 9.17) is 4.42 Å². The van der Waals surface area contributed by atoms with Gasteiger partial charge in [-0.25, -0.2) is 4.98 Å². The maximum Gasteiger partial charge on any atom is 0.255 e. The predicted octanol–water partition coefficient (Wildman–Crippen LogP) is 2.82. The van der Waals surface area contributed by atoms with Gasteiger partial charge in [-0.1, -0.05) is 42.1 Å². The first kappa shape index (κ1) is 18.0. The summed E-state index contributed by atoms with van der Waals surface area (Å²) in [4.78, 5) is 31.6. The fourth-order valence-electron chi connectivity index (χ4n) is 2.41. The smallest absolute Gasteiger partial charge is 0.255 e. The molecule has 1 amide bonds. The number of hydrogen-bond acceptors (Lipinski definition) is 5. The highest BCUT2D eigenvalue weighted by molar-refractivity contribution is 7.98. The van der Waals surface area contributed by atoms with Crippen LogP contribution in [-0.2, 0) is 23.5 Å². The molecular weight excluding hydrogens is 350 g/mol. The Labute approximate surface area is 155 Å². The van der Waals surface area contributed by atoms with Gasteiger partial charge in [0.2, 0.25) is 5.91 Å². The van der Waals surface area contributed by atoms with Gasteiger partial charge in [0.25, 0.3) is 5.56 Å². The summed E-state index contributed by atoms with van der Waals surface area (Å²) in [6.07, 6.45) is 1.53. The number of thioether (sulfide) groups is 1. The molecule has 2 aromatic heterocycles. The van der Waals surface area contributed by atoms with Crippen LogP contribution in [0.1, 0.15) is 22.6 Å². The van der Waals surface area contributed by atoms with E-state index in [0.717, 1.165) is 5.56 Å². The number of carbonyl (C=O) groups excluding carboxylic acids is 1. The monoisotopic (exact) mass is 369 g/mol. The minimum Gasteiger partial charge on any atom is -0.467 e. The van der Waals surface area contributed by atoms with E-state index in [-0.39, 0.29) is 17.9 Å². The first-order valence-corrected chi connectivity index (χ1v) is 9.16. The van der Waals surface area contributed by atoms with Gasteiger partial charge in [-0.15, -0.1) is 0 Å². The average molecular weight is 369 g/mol. The lowest BCUT2D eigenvalue weighted by molar-refractivity contribution is -0.120. The van der Waals surface area contributed by atoms with Crippen LogP contribution in [0.5, 0.6) is 0 Å². The third kappa shape index (κ3) is 4.86. The molecule has 7 heteroatoms. The number of nitrogens with one attached hydrogen (secondary N) is 2. The van der Waals surface area contributed by atoms with Gasteiger partial charge in [-0.2, -0.15) is 0 Å². The van der Waals surface area contributed by atoms with E-state index in [1.54, 1.807) is 25.3 Å². The van der Waals surface area contributed by atoms with Crippen molar-refractivity contribution in [1.29, 1.82) is 0 Å². The molecule has 0 saturated carbocycles. The van der Waals surface area contributed by atoms with Crippen LogP contribution in [0, 0.1) is 6.92 Å². The molecule has 6 nitrogen and oxygen atoms in total. The second-order valence-corrected chi connectivity index (χ2v) is 6.71. The molecule has 3 aromatic rings. The SMILES string of the molecule is Cc1nc(SCc2ccccc2)[nH]c(=O)c1CC(=O)NCc1ccco1. The van der Waals surface area contributed by atoms with Crippen LogP contribution in [0.2, 0.25) is 0 Å². The molecule has 26 heavy (non-hydrogen) atoms. The Bertz CT molecular complexity index is 921. The molecule has 0 radical (unpaired) electrons. The fraction of sp³-hybridized carbons (Fsp3) is 0.211. The molecule has 3 rings (SSSR count). The van der Waals surface area contributed by atoms with Crippen molar-refractivity contribution >= 4 is 17.7 Å². The summed E-state index contributed by atoms with van der Waals surface area (Å²) in [6, 6.07) is 13.5. The lowest BCUT2D eigenvalue weighted by Gasteiger charge is -2.07. The summed E-state index contributed by atoms with van der Waals surface area (Å²) in [6.45, 7) is 2.04. The Hall–Kier alpha value is -2.80. The van der Waals surface area contributed by atoms with E-state index in [2.05, 4.69) is 15.3 Å². The van der Waals surface area contributed by atoms with E-state index >= 15 is 0 Å². The summed E-state index contributed by atoms with van der Waals surface area (Å²) >= 11 is 1.46. The Morgan fingerprint density at radius 2 is 2.04 bits per heavy atom. The highest BCUT2D eigenvalue weighted by Crippen LogP contribution is 2.18. The van der Waals surface area contributed by atoms with Crippen LogP contribution in [-0.4, -0.2) is 15.9 Å². The molecule has 0 bridgehead atoms. The standard InChI is InChI=1S/C19H19N3O3S/c1-13-16(10-17(23)20-11-15-8-5-9-25-15)18(24)22-19(21-13)26-12-14-6-3-2-4-7-14/h2-9H,10-12H2,1H3,(H,20,23)(H,21,22,24). The van der Waals surface area contributed by atoms with E-state index in [1.807, 2.05) is 30.3 Å². The maximum absolute atomic E-state index is 12.3. The third-order valence-electron chi connectivity index (χ3n) is 3.80. The van der Waals surface area contributed by atoms with Crippen molar-refractivity contribution < 1.29 is 9.21 Å². The molecular formula is C19H19N3O3S. The van der Waals surface area contributed by atoms with Crippen molar-refractivity contribution in [2.75, 3.05) is 0 Å². The van der Waals surface area contributed by atoms with Crippen LogP contribution >= 0.6 is 11.8 Å². The van der Waals surface area contributed by atoms with Crippen molar-refractivity contribution in [3.05, 3.63) is 81.7 Å². The number of H-pyrrole nitrogens is 1. The zero-order valence-corrected chi connectivity index (χ0v) is 15.1. The quantitative estimate of drug-likeness (QED) is 0.494. The zero-order chi connectivity index (χ0) is 18.4. The van der Waals surface area contributed by atoms with E-state index in [0.29, 0.717) is 34.5 Å². The largest absolute Gasteiger partial charge is 0.467 e. The molecule has 2 N–H and O–H groups in total. The van der Waals surface area contributed by atoms with Crippen molar-refractivity contribution in [3.8, 4) is 0 Å². The van der Waals surface area contributed by atoms with Crippen molar-refractivity contribution in [3.63, 3.8) is 0 Å². The van der Waals surface area contributed by atoms with Crippen molar-refractivity contribution in [2.45, 2.75) is 30.8 Å². The average Bonchev–Trinajstić information content (AvgIpc) is 3.16. The second-order valence-electron chi connectivity index (χ2n) is 5.74. The van der Waals surface area contributed by atoms with Crippen LogP contribution < -0.4 is 10.9 Å². The topological polar surface area (TPSA) is 88.0 Å². The van der Waals surface area contributed by atoms with Crippen LogP contribution in [0.15, 0.2) is 63.1 Å². The Kier molecular flexibility index (Phi) is 5.91. The highest BCUT2D eigenvalue weighted by atomic mass is 32.2. The predicted molar refractivity (Wildman–Crippen MR) is 99.9 cm³/mol. The number of amides is 1. The minimum atomic E-state index is -0.277. The molecule has 0 aliphatic heterocycles. The third-order valence-corrected chi connectivity index (χ3v) is 4.74. The summed E-state index contributed by atoms with van der Waals surface area (Å²) in [5, 5.41) is 3.28. The van der Waals surface area contributed by atoms with E-state index in [9.17, 15) is 9.59 Å². The number of furan rings is 1. The number of benzene rings is 1. The summed E-state index contributed by atoms with van der Waals surface area (Å²) in [5.41, 5.74) is 1.82. The first-order chi connectivity index (χ1) is 12.6. The molecule has 0 saturated heterocycles. The van der Waals surface area contributed by atoms with Crippen LogP contribution in [0.25, 0.3) is 0 Å². The molecule has 0 aliphatic carbocycles. The van der Waals surface area contributed by atoms with Gasteiger partial charge >= 0.3 is 0 Å². The van der Waals surface area contributed by atoms with Gasteiger partial charge in [0.1, 0.15) is 5.76 Å². The number of aromatic amines is 1. The second kappa shape index (κ2) is 8.53. The number of aromatic nitrogens is 2. The maximum atomic E-state index is 12.3. The number of rotatable bonds is 7. The number of carbonyl (C=O) groups is 1. The molecule has 0 fully saturated rings. The number of nitrogens with zero attached hydrogens (tertiary/aromatic N) is 1. The van der Waals surface area contributed by atoms with E-state index < -0.39 is 0 Å².